The highest BCUT2D eigenvalue weighted by molar-refractivity contribution is 5.38. The van der Waals surface area contributed by atoms with Gasteiger partial charge in [0.25, 0.3) is 6.47 Å². The molecule has 0 aliphatic carbocycles. The number of ether oxygens (including phenoxy) is 1. The first-order chi connectivity index (χ1) is 4.84. The van der Waals surface area contributed by atoms with Gasteiger partial charge in [0.2, 0.25) is 0 Å². The molecule has 1 unspecified atom stereocenters. The van der Waals surface area contributed by atoms with Gasteiger partial charge in [-0.05, 0) is 13.0 Å². The second-order valence-electron chi connectivity index (χ2n) is 1.87. The van der Waals surface area contributed by atoms with Gasteiger partial charge < -0.3 is 9.72 Å². The summed E-state index contributed by atoms with van der Waals surface area (Å²) in [5, 5.41) is 0. The van der Waals surface area contributed by atoms with Crippen LogP contribution in [0.5, 0.6) is 0 Å². The minimum Gasteiger partial charge on any atom is -0.460 e. The van der Waals surface area contributed by atoms with E-state index in [0.29, 0.717) is 6.47 Å². The molecule has 1 aromatic rings. The van der Waals surface area contributed by atoms with Crippen LogP contribution in [0, 0.1) is 6.92 Å². The lowest BCUT2D eigenvalue weighted by Gasteiger charge is -2.04. The van der Waals surface area contributed by atoms with Crippen molar-refractivity contribution in [3.8, 4) is 0 Å². The van der Waals surface area contributed by atoms with E-state index in [0.717, 1.165) is 5.56 Å². The first kappa shape index (κ1) is 6.86. The first-order valence-electron chi connectivity index (χ1n) is 2.89. The van der Waals surface area contributed by atoms with Crippen LogP contribution in [0.15, 0.2) is 18.5 Å². The molecule has 1 heterocycles. The molecule has 10 heavy (non-hydrogen) atoms. The summed E-state index contributed by atoms with van der Waals surface area (Å²) in [7, 11) is 0. The number of aromatic amines is 1. The van der Waals surface area contributed by atoms with Crippen LogP contribution < -0.4 is 0 Å². The Balaban J connectivity index is 2.58. The van der Waals surface area contributed by atoms with Crippen molar-refractivity contribution in [3.05, 3.63) is 30.9 Å². The Bertz CT molecular complexity index is 193. The molecule has 0 spiro atoms. The van der Waals surface area contributed by atoms with Crippen LogP contribution in [0.2, 0.25) is 0 Å². The maximum Gasteiger partial charge on any atom is 0.293 e. The predicted molar refractivity (Wildman–Crippen MR) is 36.0 cm³/mol. The molecule has 0 saturated carbocycles. The Hall–Kier alpha value is -1.25. The van der Waals surface area contributed by atoms with E-state index in [2.05, 4.69) is 16.6 Å². The van der Waals surface area contributed by atoms with E-state index in [1.165, 1.54) is 0 Å². The van der Waals surface area contributed by atoms with Gasteiger partial charge in [-0.2, -0.15) is 0 Å². The van der Waals surface area contributed by atoms with Crippen molar-refractivity contribution >= 4 is 6.47 Å². The number of hydrogen-bond donors (Lipinski definition) is 1. The fourth-order valence-electron chi connectivity index (χ4n) is 0.683. The fourth-order valence-corrected chi connectivity index (χ4v) is 0.683. The number of carbonyl (C=O) groups is 1. The Morgan fingerprint density at radius 3 is 3.10 bits per heavy atom. The van der Waals surface area contributed by atoms with Gasteiger partial charge in [-0.15, -0.1) is 0 Å². The number of rotatable bonds is 3. The van der Waals surface area contributed by atoms with Gasteiger partial charge in [-0.3, -0.25) is 4.79 Å². The van der Waals surface area contributed by atoms with E-state index in [-0.39, 0.29) is 0 Å². The zero-order valence-electron chi connectivity index (χ0n) is 5.41. The average molecular weight is 138 g/mol. The van der Waals surface area contributed by atoms with Gasteiger partial charge in [0.1, 0.15) is 6.10 Å². The number of hydrogen-bond acceptors (Lipinski definition) is 2. The molecular formula is C7H8NO2. The van der Waals surface area contributed by atoms with Gasteiger partial charge in [0.15, 0.2) is 0 Å². The lowest BCUT2D eigenvalue weighted by molar-refractivity contribution is -0.131. The summed E-state index contributed by atoms with van der Waals surface area (Å²) in [5.41, 5.74) is 0.868. The van der Waals surface area contributed by atoms with Crippen molar-refractivity contribution in [1.82, 2.24) is 4.98 Å². The molecule has 3 nitrogen and oxygen atoms in total. The highest BCUT2D eigenvalue weighted by atomic mass is 16.5. The minimum atomic E-state index is -0.399. The average Bonchev–Trinajstić information content (AvgIpc) is 2.38. The van der Waals surface area contributed by atoms with Gasteiger partial charge in [-0.1, -0.05) is 0 Å². The van der Waals surface area contributed by atoms with Gasteiger partial charge in [0.05, 0.1) is 0 Å². The number of aromatic nitrogens is 1. The monoisotopic (exact) mass is 138 g/mol. The van der Waals surface area contributed by atoms with E-state index in [4.69, 9.17) is 0 Å². The van der Waals surface area contributed by atoms with Crippen molar-refractivity contribution in [2.24, 2.45) is 0 Å². The van der Waals surface area contributed by atoms with Crippen molar-refractivity contribution in [1.29, 1.82) is 0 Å². The first-order valence-corrected chi connectivity index (χ1v) is 2.89. The van der Waals surface area contributed by atoms with E-state index in [1.807, 2.05) is 0 Å². The summed E-state index contributed by atoms with van der Waals surface area (Å²) < 4.78 is 4.57. The Morgan fingerprint density at radius 1 is 1.80 bits per heavy atom. The largest absolute Gasteiger partial charge is 0.460 e. The molecule has 1 aromatic heterocycles. The van der Waals surface area contributed by atoms with Crippen molar-refractivity contribution in [3.63, 3.8) is 0 Å². The maximum atomic E-state index is 9.84. The molecule has 0 saturated heterocycles. The topological polar surface area (TPSA) is 42.1 Å². The van der Waals surface area contributed by atoms with Crippen LogP contribution in [0.1, 0.15) is 11.7 Å². The summed E-state index contributed by atoms with van der Waals surface area (Å²) in [5.74, 6) is 0. The van der Waals surface area contributed by atoms with Crippen LogP contribution in [0.4, 0.5) is 0 Å². The second kappa shape index (κ2) is 3.06. The van der Waals surface area contributed by atoms with Crippen LogP contribution in [0.25, 0.3) is 0 Å². The molecule has 1 radical (unpaired) electrons. The highest BCUT2D eigenvalue weighted by Gasteiger charge is 2.03. The van der Waals surface area contributed by atoms with E-state index >= 15 is 0 Å². The zero-order valence-corrected chi connectivity index (χ0v) is 5.41. The zero-order chi connectivity index (χ0) is 7.40. The molecule has 1 N–H and O–H groups in total. The summed E-state index contributed by atoms with van der Waals surface area (Å²) in [6.45, 7) is 3.99. The fraction of sp³-hybridized carbons (Fsp3) is 0.143. The van der Waals surface area contributed by atoms with Crippen molar-refractivity contribution in [2.45, 2.75) is 6.10 Å². The molecule has 1 atom stereocenters. The third-order valence-corrected chi connectivity index (χ3v) is 1.21. The normalized spacial score (nSPS) is 12.5. The molecule has 0 aliphatic heterocycles. The standard InChI is InChI=1S/C7H8NO2/c1-6(10-5-9)7-2-3-8-4-7/h2-6,8H,1H2. The van der Waals surface area contributed by atoms with E-state index in [9.17, 15) is 4.79 Å². The summed E-state index contributed by atoms with van der Waals surface area (Å²) in [4.78, 5) is 12.7. The van der Waals surface area contributed by atoms with Gasteiger partial charge >= 0.3 is 0 Å². The Morgan fingerprint density at radius 2 is 2.60 bits per heavy atom. The quantitative estimate of drug-likeness (QED) is 0.634. The van der Waals surface area contributed by atoms with E-state index in [1.54, 1.807) is 18.5 Å². The minimum absolute atomic E-state index is 0.394. The summed E-state index contributed by atoms with van der Waals surface area (Å²) in [6.07, 6.45) is 3.09. The highest BCUT2D eigenvalue weighted by Crippen LogP contribution is 2.12. The number of carbonyl (C=O) groups excluding carboxylic acids is 1. The summed E-state index contributed by atoms with van der Waals surface area (Å²) >= 11 is 0. The lowest BCUT2D eigenvalue weighted by atomic mass is 10.2. The maximum absolute atomic E-state index is 9.84. The van der Waals surface area contributed by atoms with Crippen molar-refractivity contribution < 1.29 is 9.53 Å². The molecule has 53 valence electrons. The molecule has 0 amide bonds. The van der Waals surface area contributed by atoms with E-state index < -0.39 is 6.10 Å². The third-order valence-electron chi connectivity index (χ3n) is 1.21. The summed E-state index contributed by atoms with van der Waals surface area (Å²) in [6, 6.07) is 1.81. The third kappa shape index (κ3) is 1.37. The van der Waals surface area contributed by atoms with Crippen LogP contribution >= 0.6 is 0 Å². The molecule has 0 aliphatic rings. The van der Waals surface area contributed by atoms with Gasteiger partial charge in [-0.25, -0.2) is 0 Å². The van der Waals surface area contributed by atoms with Crippen LogP contribution in [-0.2, 0) is 9.53 Å². The molecule has 0 fully saturated rings. The Kier molecular flexibility index (Phi) is 2.10. The SMILES string of the molecule is [CH2]C(OC=O)c1cc[nH]c1. The predicted octanol–water partition coefficient (Wildman–Crippen LogP) is 1.06. The molecular weight excluding hydrogens is 130 g/mol. The molecule has 3 heteroatoms. The molecule has 0 bridgehead atoms. The number of nitrogens with one attached hydrogen (secondary N) is 1. The van der Waals surface area contributed by atoms with Gasteiger partial charge in [0, 0.05) is 18.0 Å². The molecule has 0 aromatic carbocycles. The van der Waals surface area contributed by atoms with Crippen LogP contribution in [-0.4, -0.2) is 11.5 Å². The number of H-pyrrole nitrogens is 1. The molecule has 1 rings (SSSR count). The Labute approximate surface area is 59.0 Å². The van der Waals surface area contributed by atoms with Crippen molar-refractivity contribution in [2.75, 3.05) is 0 Å². The van der Waals surface area contributed by atoms with Crippen LogP contribution in [0.3, 0.4) is 0 Å². The lowest BCUT2D eigenvalue weighted by Crippen LogP contribution is -1.95. The second-order valence-corrected chi connectivity index (χ2v) is 1.87. The smallest absolute Gasteiger partial charge is 0.293 e.